The zero-order valence-electron chi connectivity index (χ0n) is 83.3. The number of rotatable bonds is 27. The molecule has 4 heterocycles. The molecule has 0 saturated carbocycles. The van der Waals surface area contributed by atoms with E-state index in [4.69, 9.17) is 40.6 Å². The Bertz CT molecular complexity index is 5780. The van der Waals surface area contributed by atoms with Gasteiger partial charge in [-0.2, -0.15) is 0 Å². The fourth-order valence-corrected chi connectivity index (χ4v) is 11.0. The Balaban J connectivity index is 0.000000252. The summed E-state index contributed by atoms with van der Waals surface area (Å²) in [4.78, 5) is 126. The standard InChI is InChI=1S/2C25H31N7O3.C25H36N6O5.C22H30N6O5/c1-24(2,3)22(33)27-18-11-7-16(8-12-18)21-30-28-20(29-31-21)15-32(23(34)35-25(4,5)6)19-13-9-17(26)10-14-19;1-24(2,3)22(33)27-18-12-10-16(11-13-18)21-30-28-20(29-31-21)15-32(23(34)35-25(4,5)6)19-9-7-8-17(26)14-19;1-24(2,3)22(34)26-18-13-11-17(12-14-18)21-29-27-19(28-30-21)16-31(23(35)36-25(4,5)6)15-9-7-8-10-20(32)33;1-21(2,3)19(31)23-15-9-7-14(8-10-15)18-26-24-16(25-27-18)13-28(12-11-17(29)30)20(32)33-22(4,5)6/h2*7-14H,15,26H2,1-6H3,(H,27,33);11-14H,7-10,15-16H2,1-6H3,(H,26,34)(H,32,33);7-10H,11-13H2,1-6H3,(H,23,31)(H,29,30). The number of hydrogen-bond donors (Lipinski definition) is 8. The van der Waals surface area contributed by atoms with E-state index in [1.807, 2.05) is 83.1 Å². The van der Waals surface area contributed by atoms with Gasteiger partial charge in [-0.05, 0) is 235 Å². The number of carbonyl (C=O) groups is 10. The highest BCUT2D eigenvalue weighted by Crippen LogP contribution is 2.30. The highest BCUT2D eigenvalue weighted by atomic mass is 16.6. The number of nitrogen functional groups attached to an aromatic ring is 2. The summed E-state index contributed by atoms with van der Waals surface area (Å²) in [5.41, 5.74) is 14.4. The molecule has 10 N–H and O–H groups in total. The second kappa shape index (κ2) is 48.4. The molecule has 8 amide bonds. The first-order chi connectivity index (χ1) is 64.6. The van der Waals surface area contributed by atoms with E-state index in [2.05, 4.69) is 103 Å². The van der Waals surface area contributed by atoms with E-state index in [0.717, 1.165) is 0 Å². The van der Waals surface area contributed by atoms with Crippen molar-refractivity contribution in [1.29, 1.82) is 0 Å². The maximum atomic E-state index is 12.9. The van der Waals surface area contributed by atoms with Crippen molar-refractivity contribution >= 4 is 105 Å². The van der Waals surface area contributed by atoms with Gasteiger partial charge in [0.1, 0.15) is 22.4 Å². The van der Waals surface area contributed by atoms with E-state index >= 15 is 0 Å². The third kappa shape index (κ3) is 39.1. The van der Waals surface area contributed by atoms with Crippen LogP contribution in [0.5, 0.6) is 0 Å². The summed E-state index contributed by atoms with van der Waals surface area (Å²) in [7, 11) is 0. The predicted octanol–water partition coefficient (Wildman–Crippen LogP) is 16.3. The lowest BCUT2D eigenvalue weighted by atomic mass is 9.95. The van der Waals surface area contributed by atoms with Crippen molar-refractivity contribution in [2.75, 3.05) is 55.6 Å². The van der Waals surface area contributed by atoms with Gasteiger partial charge in [-0.1, -0.05) is 95.6 Å². The molecule has 139 heavy (non-hydrogen) atoms. The van der Waals surface area contributed by atoms with Gasteiger partial charge in [0.05, 0.1) is 32.6 Å². The second-order valence-electron chi connectivity index (χ2n) is 40.2. The summed E-state index contributed by atoms with van der Waals surface area (Å²) in [6.45, 7) is 43.6. The van der Waals surface area contributed by atoms with E-state index < -0.39 is 80.4 Å². The minimum Gasteiger partial charge on any atom is -0.481 e. The van der Waals surface area contributed by atoms with Gasteiger partial charge in [0.2, 0.25) is 46.9 Å². The van der Waals surface area contributed by atoms with Crippen LogP contribution < -0.4 is 42.5 Å². The Labute approximate surface area is 808 Å². The fourth-order valence-electron chi connectivity index (χ4n) is 11.0. The molecule has 742 valence electrons. The number of ether oxygens (including phenoxy) is 4. The normalized spacial score (nSPS) is 11.6. The Hall–Kier alpha value is -15.4. The molecule has 0 saturated heterocycles. The topological polar surface area (TPSA) is 567 Å². The van der Waals surface area contributed by atoms with Crippen molar-refractivity contribution in [3.8, 4) is 45.6 Å². The van der Waals surface area contributed by atoms with Crippen LogP contribution in [0.1, 0.15) is 222 Å². The number of amides is 8. The largest absolute Gasteiger partial charge is 0.481 e. The van der Waals surface area contributed by atoms with Gasteiger partial charge in [0.25, 0.3) is 0 Å². The molecule has 0 fully saturated rings. The van der Waals surface area contributed by atoms with Crippen molar-refractivity contribution < 1.29 is 77.1 Å². The molecule has 6 aromatic carbocycles. The summed E-state index contributed by atoms with van der Waals surface area (Å²) < 4.78 is 21.9. The average Bonchev–Trinajstić information content (AvgIpc) is 0.813. The van der Waals surface area contributed by atoms with Crippen molar-refractivity contribution in [1.82, 2.24) is 91.4 Å². The highest BCUT2D eigenvalue weighted by molar-refractivity contribution is 5.97. The van der Waals surface area contributed by atoms with Crippen LogP contribution in [0.2, 0.25) is 0 Å². The molecule has 0 spiro atoms. The molecular weight excluding hydrogens is 1790 g/mol. The van der Waals surface area contributed by atoms with Crippen molar-refractivity contribution in [2.24, 2.45) is 21.7 Å². The number of nitrogens with zero attached hydrogens (tertiary/aromatic N) is 20. The molecular formula is C97H128N26O16. The first-order valence-corrected chi connectivity index (χ1v) is 44.7. The number of unbranched alkanes of at least 4 members (excludes halogenated alkanes) is 2. The summed E-state index contributed by atoms with van der Waals surface area (Å²) in [6.07, 6.45) is -0.662. The van der Waals surface area contributed by atoms with E-state index in [9.17, 15) is 47.9 Å². The number of hydrogen-bond acceptors (Lipinski definition) is 32. The number of aromatic nitrogens is 16. The number of aliphatic carboxylic acids is 2. The van der Waals surface area contributed by atoms with E-state index in [-0.39, 0.29) is 98.3 Å². The third-order valence-electron chi connectivity index (χ3n) is 18.5. The molecule has 0 radical (unpaired) electrons. The molecule has 42 nitrogen and oxygen atoms in total. The minimum atomic E-state index is -1.04. The number of nitrogens with one attached hydrogen (secondary N) is 4. The Morgan fingerprint density at radius 2 is 0.554 bits per heavy atom. The van der Waals surface area contributed by atoms with Crippen LogP contribution >= 0.6 is 0 Å². The monoisotopic (exact) mass is 1910 g/mol. The zero-order chi connectivity index (χ0) is 103. The average molecular weight is 1910 g/mol. The fraction of sp³-hybridized carbons (Fsp3) is 0.443. The molecule has 4 aromatic heterocycles. The Morgan fingerprint density at radius 1 is 0.288 bits per heavy atom. The molecule has 0 atom stereocenters. The number of carboxylic acids is 2. The van der Waals surface area contributed by atoms with Crippen LogP contribution in [0.25, 0.3) is 45.6 Å². The molecule has 0 aliphatic rings. The van der Waals surface area contributed by atoms with Crippen molar-refractivity contribution in [3.05, 3.63) is 169 Å². The van der Waals surface area contributed by atoms with Gasteiger partial charge in [0, 0.05) is 109 Å². The molecule has 0 bridgehead atoms. The van der Waals surface area contributed by atoms with E-state index in [1.54, 1.807) is 229 Å². The van der Waals surface area contributed by atoms with Gasteiger partial charge in [0.15, 0.2) is 23.3 Å². The van der Waals surface area contributed by atoms with Gasteiger partial charge in [-0.3, -0.25) is 43.5 Å². The maximum Gasteiger partial charge on any atom is 0.415 e. The lowest BCUT2D eigenvalue weighted by Gasteiger charge is -2.27. The van der Waals surface area contributed by atoms with Crippen molar-refractivity contribution in [3.63, 3.8) is 0 Å². The summed E-state index contributed by atoms with van der Waals surface area (Å²) in [5, 5.41) is 95.1. The van der Waals surface area contributed by atoms with Crippen LogP contribution in [0.15, 0.2) is 146 Å². The quantitative estimate of drug-likeness (QED) is 0.0135. The molecule has 10 rings (SSSR count). The maximum absolute atomic E-state index is 12.9. The molecule has 0 aliphatic carbocycles. The SMILES string of the molecule is CC(C)(C)OC(=O)N(CCC(=O)O)Cc1nnc(-c2ccc(NC(=O)C(C)(C)C)cc2)nn1.CC(C)(C)OC(=O)N(CCCCCC(=O)O)Cc1nnc(-c2ccc(NC(=O)C(C)(C)C)cc2)nn1.CC(C)(C)OC(=O)N(Cc1nnc(-c2ccc(NC(=O)C(C)(C)C)cc2)nn1)c1ccc(N)cc1.CC(C)(C)OC(=O)N(Cc1nnc(-c2ccc(NC(=O)C(C)(C)C)cc2)nn1)c1cccc(N)c1. The van der Waals surface area contributed by atoms with Crippen LogP contribution in [0.4, 0.5) is 64.7 Å². The van der Waals surface area contributed by atoms with Gasteiger partial charge in [-0.25, -0.2) is 19.2 Å². The van der Waals surface area contributed by atoms with Crippen LogP contribution in [-0.2, 0) is 73.9 Å². The van der Waals surface area contributed by atoms with Crippen LogP contribution in [0, 0.1) is 21.7 Å². The zero-order valence-corrected chi connectivity index (χ0v) is 83.3. The smallest absolute Gasteiger partial charge is 0.415 e. The lowest BCUT2D eigenvalue weighted by Crippen LogP contribution is -2.38. The van der Waals surface area contributed by atoms with Gasteiger partial charge >= 0.3 is 36.3 Å². The highest BCUT2D eigenvalue weighted by Gasteiger charge is 2.32. The van der Waals surface area contributed by atoms with Gasteiger partial charge in [-0.15, -0.1) is 81.6 Å². The second-order valence-corrected chi connectivity index (χ2v) is 40.2. The Kier molecular flexibility index (Phi) is 38.5. The first-order valence-electron chi connectivity index (χ1n) is 44.7. The van der Waals surface area contributed by atoms with Gasteiger partial charge < -0.3 is 66.8 Å². The molecule has 0 aliphatic heterocycles. The third-order valence-corrected chi connectivity index (χ3v) is 18.5. The Morgan fingerprint density at radius 3 is 0.820 bits per heavy atom. The minimum absolute atomic E-state index is 0.00355. The predicted molar refractivity (Wildman–Crippen MR) is 523 cm³/mol. The number of benzene rings is 6. The first kappa shape index (κ1) is 111. The lowest BCUT2D eigenvalue weighted by molar-refractivity contribution is -0.138. The van der Waals surface area contributed by atoms with Crippen molar-refractivity contribution in [2.45, 2.75) is 247 Å². The molecule has 42 heteroatoms. The molecule has 0 unspecified atom stereocenters. The number of anilines is 8. The molecule has 10 aromatic rings. The number of carboxylic acid groups (broad SMARTS) is 2. The van der Waals surface area contributed by atoms with Crippen LogP contribution in [0.3, 0.4) is 0 Å². The van der Waals surface area contributed by atoms with E-state index in [1.165, 1.54) is 19.6 Å². The van der Waals surface area contributed by atoms with Crippen LogP contribution in [-0.4, -0.2) is 197 Å². The summed E-state index contributed by atoms with van der Waals surface area (Å²) >= 11 is 0. The summed E-state index contributed by atoms with van der Waals surface area (Å²) in [5.74, 6) is -0.149. The van der Waals surface area contributed by atoms with E-state index in [0.29, 0.717) is 111 Å². The number of nitrogens with two attached hydrogens (primary N) is 2. The summed E-state index contributed by atoms with van der Waals surface area (Å²) in [6, 6.07) is 41.8. The number of carbonyl (C=O) groups excluding carboxylic acids is 8.